The van der Waals surface area contributed by atoms with Crippen molar-refractivity contribution in [2.24, 2.45) is 4.99 Å². The molecule has 1 amide bonds. The number of nitrogens with one attached hydrogen (secondary N) is 3. The monoisotopic (exact) mass is 509 g/mol. The zero-order valence-electron chi connectivity index (χ0n) is 17.0. The Labute approximate surface area is 189 Å². The summed E-state index contributed by atoms with van der Waals surface area (Å²) in [5.74, 6) is 3.96. The van der Waals surface area contributed by atoms with E-state index in [9.17, 15) is 4.79 Å². The van der Waals surface area contributed by atoms with Crippen LogP contribution in [0.2, 0.25) is 0 Å². The zero-order valence-corrected chi connectivity index (χ0v) is 19.3. The summed E-state index contributed by atoms with van der Waals surface area (Å²) in [6.45, 7) is 4.77. The Kier molecular flexibility index (Phi) is 10.8. The summed E-state index contributed by atoms with van der Waals surface area (Å²) in [6.07, 6.45) is 7.42. The highest BCUT2D eigenvalue weighted by Gasteiger charge is 2.13. The third-order valence-electron chi connectivity index (χ3n) is 4.36. The van der Waals surface area contributed by atoms with Crippen LogP contribution in [0.3, 0.4) is 0 Å². The topological polar surface area (TPSA) is 91.5 Å². The van der Waals surface area contributed by atoms with E-state index in [0.29, 0.717) is 29.7 Å². The minimum Gasteiger partial charge on any atom is -0.359 e. The molecule has 2 rings (SSSR count). The lowest BCUT2D eigenvalue weighted by atomic mass is 9.99. The fraction of sp³-hybridized carbons (Fsp3) is 0.381. The van der Waals surface area contributed by atoms with Gasteiger partial charge < -0.3 is 20.5 Å². The Morgan fingerprint density at radius 1 is 1.28 bits per heavy atom. The van der Waals surface area contributed by atoms with E-state index in [4.69, 9.17) is 10.9 Å². The molecule has 0 fully saturated rings. The molecule has 0 aliphatic rings. The summed E-state index contributed by atoms with van der Waals surface area (Å²) in [5, 5.41) is 13.0. The van der Waals surface area contributed by atoms with Crippen molar-refractivity contribution < 1.29 is 9.32 Å². The van der Waals surface area contributed by atoms with Gasteiger partial charge in [-0.05, 0) is 31.0 Å². The Morgan fingerprint density at radius 2 is 2.03 bits per heavy atom. The van der Waals surface area contributed by atoms with Crippen LogP contribution in [0.1, 0.15) is 49.6 Å². The maximum absolute atomic E-state index is 12.1. The first-order valence-corrected chi connectivity index (χ1v) is 9.36. The summed E-state index contributed by atoms with van der Waals surface area (Å²) in [4.78, 5) is 16.2. The number of halogens is 1. The molecule has 0 saturated heterocycles. The van der Waals surface area contributed by atoms with Crippen molar-refractivity contribution in [1.29, 1.82) is 0 Å². The molecule has 0 aliphatic carbocycles. The van der Waals surface area contributed by atoms with Crippen LogP contribution in [0.4, 0.5) is 5.69 Å². The number of rotatable bonds is 8. The molecule has 0 bridgehead atoms. The van der Waals surface area contributed by atoms with Gasteiger partial charge in [-0.2, -0.15) is 0 Å². The number of aliphatic imine (C=N–C) groups is 1. The maximum Gasteiger partial charge on any atom is 0.243 e. The van der Waals surface area contributed by atoms with Crippen molar-refractivity contribution in [1.82, 2.24) is 15.8 Å². The lowest BCUT2D eigenvalue weighted by Crippen LogP contribution is -2.41. The van der Waals surface area contributed by atoms with Gasteiger partial charge in [0, 0.05) is 30.3 Å². The Bertz CT molecular complexity index is 853. The highest BCUT2D eigenvalue weighted by molar-refractivity contribution is 14.0. The van der Waals surface area contributed by atoms with Crippen molar-refractivity contribution in [3.63, 3.8) is 0 Å². The standard InChI is InChI=1S/C21H27N5O2.HI/c1-5-15-9-8-10-17(11-15)25-20(27)14-24-21(22-4)23-13-18-12-19(26-28-18)16(6-2)7-3;/h1,8-12,16H,6-7,13-14H2,2-4H3,(H,25,27)(H2,22,23,24);1H. The molecule has 0 saturated carbocycles. The number of guanidine groups is 1. The van der Waals surface area contributed by atoms with Gasteiger partial charge in [-0.15, -0.1) is 30.4 Å². The van der Waals surface area contributed by atoms with Crippen molar-refractivity contribution in [3.05, 3.63) is 47.3 Å². The normalized spacial score (nSPS) is 10.8. The van der Waals surface area contributed by atoms with Crippen LogP contribution in [-0.2, 0) is 11.3 Å². The minimum atomic E-state index is -0.201. The molecule has 0 aliphatic heterocycles. The summed E-state index contributed by atoms with van der Waals surface area (Å²) in [5.41, 5.74) is 2.34. The molecule has 156 valence electrons. The van der Waals surface area contributed by atoms with Gasteiger partial charge >= 0.3 is 0 Å². The summed E-state index contributed by atoms with van der Waals surface area (Å²) < 4.78 is 5.38. The first-order valence-electron chi connectivity index (χ1n) is 9.36. The largest absolute Gasteiger partial charge is 0.359 e. The first-order chi connectivity index (χ1) is 13.6. The number of terminal acetylenes is 1. The third kappa shape index (κ3) is 7.77. The minimum absolute atomic E-state index is 0. The van der Waals surface area contributed by atoms with Crippen LogP contribution in [0.15, 0.2) is 39.8 Å². The molecule has 2 aromatic rings. The number of hydrogen-bond acceptors (Lipinski definition) is 4. The first kappa shape index (κ1) is 24.5. The lowest BCUT2D eigenvalue weighted by Gasteiger charge is -2.11. The average Bonchev–Trinajstić information content (AvgIpc) is 3.18. The molecule has 1 heterocycles. The van der Waals surface area contributed by atoms with Gasteiger partial charge in [-0.25, -0.2) is 0 Å². The van der Waals surface area contributed by atoms with Gasteiger partial charge in [0.05, 0.1) is 18.8 Å². The second-order valence-electron chi connectivity index (χ2n) is 6.28. The number of aromatic nitrogens is 1. The van der Waals surface area contributed by atoms with Crippen molar-refractivity contribution in [3.8, 4) is 12.3 Å². The van der Waals surface area contributed by atoms with Gasteiger partial charge in [-0.1, -0.05) is 31.0 Å². The molecule has 0 radical (unpaired) electrons. The quantitative estimate of drug-likeness (QED) is 0.220. The van der Waals surface area contributed by atoms with Crippen LogP contribution in [0, 0.1) is 12.3 Å². The highest BCUT2D eigenvalue weighted by Crippen LogP contribution is 2.22. The summed E-state index contributed by atoms with van der Waals surface area (Å²) in [6, 6.07) is 9.09. The highest BCUT2D eigenvalue weighted by atomic mass is 127. The van der Waals surface area contributed by atoms with Gasteiger partial charge in [0.25, 0.3) is 0 Å². The van der Waals surface area contributed by atoms with E-state index in [0.717, 1.165) is 24.3 Å². The van der Waals surface area contributed by atoms with Gasteiger partial charge in [0.15, 0.2) is 11.7 Å². The second-order valence-corrected chi connectivity index (χ2v) is 6.28. The Balaban J connectivity index is 0.00000420. The molecule has 1 aromatic carbocycles. The summed E-state index contributed by atoms with van der Waals surface area (Å²) >= 11 is 0. The fourth-order valence-corrected chi connectivity index (χ4v) is 2.76. The van der Waals surface area contributed by atoms with E-state index in [1.807, 2.05) is 6.07 Å². The molecule has 29 heavy (non-hydrogen) atoms. The van der Waals surface area contributed by atoms with E-state index in [-0.39, 0.29) is 36.4 Å². The van der Waals surface area contributed by atoms with Crippen molar-refractivity contribution in [2.75, 3.05) is 18.9 Å². The smallest absolute Gasteiger partial charge is 0.243 e. The lowest BCUT2D eigenvalue weighted by molar-refractivity contribution is -0.115. The molecule has 0 unspecified atom stereocenters. The number of nitrogens with zero attached hydrogens (tertiary/aromatic N) is 2. The van der Waals surface area contributed by atoms with Crippen LogP contribution in [0.25, 0.3) is 0 Å². The fourth-order valence-electron chi connectivity index (χ4n) is 2.76. The molecule has 8 heteroatoms. The summed E-state index contributed by atoms with van der Waals surface area (Å²) in [7, 11) is 1.64. The van der Waals surface area contributed by atoms with E-state index in [1.54, 1.807) is 31.3 Å². The van der Waals surface area contributed by atoms with Crippen LogP contribution in [-0.4, -0.2) is 30.6 Å². The number of amides is 1. The van der Waals surface area contributed by atoms with Crippen LogP contribution in [0.5, 0.6) is 0 Å². The van der Waals surface area contributed by atoms with Crippen LogP contribution < -0.4 is 16.0 Å². The van der Waals surface area contributed by atoms with E-state index in [2.05, 4.69) is 45.9 Å². The SMILES string of the molecule is C#Cc1cccc(NC(=O)CNC(=NC)NCc2cc(C(CC)CC)no2)c1.I. The predicted molar refractivity (Wildman–Crippen MR) is 126 cm³/mol. The van der Waals surface area contributed by atoms with E-state index in [1.165, 1.54) is 0 Å². The van der Waals surface area contributed by atoms with Crippen LogP contribution >= 0.6 is 24.0 Å². The third-order valence-corrected chi connectivity index (χ3v) is 4.36. The molecule has 7 nitrogen and oxygen atoms in total. The molecule has 0 atom stereocenters. The zero-order chi connectivity index (χ0) is 20.4. The van der Waals surface area contributed by atoms with E-state index < -0.39 is 0 Å². The maximum atomic E-state index is 12.1. The molecule has 0 spiro atoms. The number of anilines is 1. The Morgan fingerprint density at radius 3 is 2.69 bits per heavy atom. The number of carbonyl (C=O) groups excluding carboxylic acids is 1. The number of benzene rings is 1. The molecular weight excluding hydrogens is 481 g/mol. The van der Waals surface area contributed by atoms with Crippen molar-refractivity contribution in [2.45, 2.75) is 39.2 Å². The average molecular weight is 509 g/mol. The van der Waals surface area contributed by atoms with E-state index >= 15 is 0 Å². The number of hydrogen-bond donors (Lipinski definition) is 3. The van der Waals surface area contributed by atoms with Gasteiger partial charge in [0.2, 0.25) is 5.91 Å². The molecule has 1 aromatic heterocycles. The van der Waals surface area contributed by atoms with Gasteiger partial charge in [0.1, 0.15) is 0 Å². The Hall–Kier alpha value is -2.54. The second kappa shape index (κ2) is 12.8. The number of carbonyl (C=O) groups is 1. The van der Waals surface area contributed by atoms with Gasteiger partial charge in [-0.3, -0.25) is 9.79 Å². The molecular formula is C21H28IN5O2. The molecule has 3 N–H and O–H groups in total. The predicted octanol–water partition coefficient (Wildman–Crippen LogP) is 3.48. The van der Waals surface area contributed by atoms with Crippen molar-refractivity contribution >= 4 is 41.5 Å².